The van der Waals surface area contributed by atoms with E-state index >= 15 is 0 Å². The third-order valence-electron chi connectivity index (χ3n) is 0.940. The van der Waals surface area contributed by atoms with Crippen molar-refractivity contribution in [1.82, 2.24) is 9.80 Å². The summed E-state index contributed by atoms with van der Waals surface area (Å²) >= 11 is 0. The minimum atomic E-state index is 0.786. The highest BCUT2D eigenvalue weighted by atomic mass is 15.1. The molecule has 0 saturated heterocycles. The van der Waals surface area contributed by atoms with Crippen molar-refractivity contribution in [2.24, 2.45) is 4.99 Å². The third kappa shape index (κ3) is 7.59. The van der Waals surface area contributed by atoms with Gasteiger partial charge in [0.15, 0.2) is 0 Å². The van der Waals surface area contributed by atoms with Crippen LogP contribution in [0.5, 0.6) is 0 Å². The Kier molecular flexibility index (Phi) is 5.16. The van der Waals surface area contributed by atoms with E-state index in [2.05, 4.69) is 9.89 Å². The molecule has 0 atom stereocenters. The predicted octanol–water partition coefficient (Wildman–Crippen LogP) is 0.138. The fourth-order valence-electron chi connectivity index (χ4n) is 0.442. The lowest BCUT2D eigenvalue weighted by Gasteiger charge is -2.05. The van der Waals surface area contributed by atoms with E-state index in [4.69, 9.17) is 0 Å². The van der Waals surface area contributed by atoms with Crippen LogP contribution in [-0.4, -0.2) is 57.4 Å². The highest BCUT2D eigenvalue weighted by Gasteiger charge is 1.83. The van der Waals surface area contributed by atoms with Gasteiger partial charge in [0, 0.05) is 12.8 Å². The van der Waals surface area contributed by atoms with Gasteiger partial charge in [-0.05, 0) is 28.2 Å². The molecule has 0 heterocycles. The molecule has 0 radical (unpaired) electrons. The van der Waals surface area contributed by atoms with E-state index < -0.39 is 0 Å². The first-order chi connectivity index (χ1) is 4.63. The Balaban J connectivity index is 3.20. The second-order valence-corrected chi connectivity index (χ2v) is 2.85. The van der Waals surface area contributed by atoms with E-state index in [-0.39, 0.29) is 0 Å². The van der Waals surface area contributed by atoms with E-state index in [1.165, 1.54) is 0 Å². The van der Waals surface area contributed by atoms with Gasteiger partial charge in [-0.3, -0.25) is 9.89 Å². The van der Waals surface area contributed by atoms with E-state index in [9.17, 15) is 0 Å². The second kappa shape index (κ2) is 5.38. The zero-order chi connectivity index (χ0) is 7.98. The molecule has 0 aliphatic carbocycles. The summed E-state index contributed by atoms with van der Waals surface area (Å²) in [6.45, 7) is 1.71. The summed E-state index contributed by atoms with van der Waals surface area (Å²) < 4.78 is 0. The molecule has 0 aliphatic heterocycles. The molecule has 0 aromatic heterocycles. The second-order valence-electron chi connectivity index (χ2n) is 2.85. The summed E-state index contributed by atoms with van der Waals surface area (Å²) in [6.07, 6.45) is 1.93. The third-order valence-corrected chi connectivity index (χ3v) is 0.940. The van der Waals surface area contributed by atoms with Crippen molar-refractivity contribution in [3.63, 3.8) is 0 Å². The average Bonchev–Trinajstić information content (AvgIpc) is 1.79. The van der Waals surface area contributed by atoms with Crippen LogP contribution < -0.4 is 0 Å². The monoisotopic (exact) mass is 143 g/mol. The van der Waals surface area contributed by atoms with Crippen molar-refractivity contribution in [3.05, 3.63) is 0 Å². The maximum Gasteiger partial charge on any atom is 0.0901 e. The van der Waals surface area contributed by atoms with Crippen molar-refractivity contribution in [2.45, 2.75) is 0 Å². The van der Waals surface area contributed by atoms with Gasteiger partial charge in [0.2, 0.25) is 0 Å². The maximum absolute atomic E-state index is 4.17. The van der Waals surface area contributed by atoms with Crippen molar-refractivity contribution in [2.75, 3.05) is 41.4 Å². The summed E-state index contributed by atoms with van der Waals surface area (Å²) in [7, 11) is 8.07. The number of rotatable bonds is 4. The van der Waals surface area contributed by atoms with Crippen molar-refractivity contribution in [3.8, 4) is 0 Å². The average molecular weight is 143 g/mol. The van der Waals surface area contributed by atoms with E-state index in [1.807, 2.05) is 39.3 Å². The normalized spacial score (nSPS) is 12.2. The fraction of sp³-hybridized carbons (Fsp3) is 0.857. The molecule has 0 aliphatic rings. The summed E-state index contributed by atoms with van der Waals surface area (Å²) in [4.78, 5) is 8.29. The Morgan fingerprint density at radius 3 is 2.10 bits per heavy atom. The van der Waals surface area contributed by atoms with Crippen LogP contribution in [0.4, 0.5) is 0 Å². The van der Waals surface area contributed by atoms with Gasteiger partial charge in [-0.25, -0.2) is 0 Å². The Hall–Kier alpha value is -0.410. The van der Waals surface area contributed by atoms with Crippen LogP contribution in [0.15, 0.2) is 4.99 Å². The summed E-state index contributed by atoms with van der Waals surface area (Å²) in [6, 6.07) is 0. The van der Waals surface area contributed by atoms with Gasteiger partial charge in [0.25, 0.3) is 0 Å². The highest BCUT2D eigenvalue weighted by molar-refractivity contribution is 5.59. The van der Waals surface area contributed by atoms with Gasteiger partial charge in [-0.2, -0.15) is 0 Å². The lowest BCUT2D eigenvalue weighted by molar-refractivity contribution is 0.422. The van der Waals surface area contributed by atoms with Gasteiger partial charge in [-0.15, -0.1) is 0 Å². The molecule has 3 heteroatoms. The Morgan fingerprint density at radius 1 is 1.10 bits per heavy atom. The first-order valence-electron chi connectivity index (χ1n) is 3.40. The van der Waals surface area contributed by atoms with Crippen LogP contribution in [0.25, 0.3) is 0 Å². The smallest absolute Gasteiger partial charge is 0.0901 e. The lowest BCUT2D eigenvalue weighted by Crippen LogP contribution is -2.16. The molecule has 0 bridgehead atoms. The zero-order valence-electron chi connectivity index (χ0n) is 7.33. The summed E-state index contributed by atoms with van der Waals surface area (Å²) in [5.41, 5.74) is 0. The highest BCUT2D eigenvalue weighted by Crippen LogP contribution is 1.74. The number of hydrogen-bond acceptors (Lipinski definition) is 3. The zero-order valence-corrected chi connectivity index (χ0v) is 7.33. The molecule has 0 spiro atoms. The SMILES string of the molecule is CN(C)C/C=N/CN(C)C. The molecule has 10 heavy (non-hydrogen) atoms. The quantitative estimate of drug-likeness (QED) is 0.521. The summed E-state index contributed by atoms with van der Waals surface area (Å²) in [5, 5.41) is 0. The number of nitrogens with zero attached hydrogens (tertiary/aromatic N) is 3. The molecular weight excluding hydrogens is 126 g/mol. The Morgan fingerprint density at radius 2 is 1.70 bits per heavy atom. The van der Waals surface area contributed by atoms with E-state index in [0.717, 1.165) is 13.2 Å². The molecule has 0 unspecified atom stereocenters. The molecule has 0 aromatic carbocycles. The van der Waals surface area contributed by atoms with Gasteiger partial charge in [0.05, 0.1) is 6.67 Å². The van der Waals surface area contributed by atoms with Crippen molar-refractivity contribution in [1.29, 1.82) is 0 Å². The number of hydrogen-bond donors (Lipinski definition) is 0. The summed E-state index contributed by atoms with van der Waals surface area (Å²) in [5.74, 6) is 0. The van der Waals surface area contributed by atoms with E-state index in [0.29, 0.717) is 0 Å². The van der Waals surface area contributed by atoms with Crippen LogP contribution in [0.1, 0.15) is 0 Å². The van der Waals surface area contributed by atoms with Gasteiger partial charge in [-0.1, -0.05) is 0 Å². The standard InChI is InChI=1S/C7H17N3/c1-9(2)6-5-8-7-10(3)4/h5H,6-7H2,1-4H3/b8-5+. The van der Waals surface area contributed by atoms with Crippen molar-refractivity contribution >= 4 is 6.21 Å². The lowest BCUT2D eigenvalue weighted by atomic mass is 10.6. The Bertz CT molecular complexity index is 85.0. The first-order valence-corrected chi connectivity index (χ1v) is 3.40. The largest absolute Gasteiger partial charge is 0.304 e. The number of aliphatic imine (C=N–C) groups is 1. The topological polar surface area (TPSA) is 18.8 Å². The van der Waals surface area contributed by atoms with Crippen LogP contribution in [0, 0.1) is 0 Å². The molecule has 60 valence electrons. The van der Waals surface area contributed by atoms with Crippen LogP contribution in [0.2, 0.25) is 0 Å². The molecule has 0 amide bonds. The molecule has 3 nitrogen and oxygen atoms in total. The van der Waals surface area contributed by atoms with Gasteiger partial charge in [0.1, 0.15) is 0 Å². The minimum Gasteiger partial charge on any atom is -0.304 e. The van der Waals surface area contributed by atoms with Crippen LogP contribution in [-0.2, 0) is 0 Å². The maximum atomic E-state index is 4.17. The molecule has 0 fully saturated rings. The van der Waals surface area contributed by atoms with Crippen LogP contribution >= 0.6 is 0 Å². The minimum absolute atomic E-state index is 0.786. The fourth-order valence-corrected chi connectivity index (χ4v) is 0.442. The van der Waals surface area contributed by atoms with Crippen molar-refractivity contribution < 1.29 is 0 Å². The Labute approximate surface area is 63.3 Å². The molecule has 0 aromatic rings. The molecule has 0 N–H and O–H groups in total. The predicted molar refractivity (Wildman–Crippen MR) is 45.6 cm³/mol. The molecule has 0 saturated carbocycles. The first kappa shape index (κ1) is 9.59. The van der Waals surface area contributed by atoms with E-state index in [1.54, 1.807) is 0 Å². The molecule has 0 rings (SSSR count). The van der Waals surface area contributed by atoms with Gasteiger partial charge >= 0.3 is 0 Å². The van der Waals surface area contributed by atoms with Gasteiger partial charge < -0.3 is 4.90 Å². The molecular formula is C7H17N3. The van der Waals surface area contributed by atoms with Crippen LogP contribution in [0.3, 0.4) is 0 Å².